The SMILES string of the molecule is CC(NC(C)c1ccc(Cl)s1)c1ccncc1. The number of aromatic nitrogens is 1. The molecule has 2 rings (SSSR count). The van der Waals surface area contributed by atoms with E-state index in [1.165, 1.54) is 10.4 Å². The second-order valence-electron chi connectivity index (χ2n) is 4.03. The first-order chi connectivity index (χ1) is 8.16. The predicted octanol–water partition coefficient (Wildman–Crippen LogP) is 4.21. The average molecular weight is 267 g/mol. The van der Waals surface area contributed by atoms with Gasteiger partial charge in [0.2, 0.25) is 0 Å². The summed E-state index contributed by atoms with van der Waals surface area (Å²) >= 11 is 7.56. The van der Waals surface area contributed by atoms with Gasteiger partial charge in [0.05, 0.1) is 4.34 Å². The molecule has 0 amide bonds. The Hall–Kier alpha value is -0.900. The van der Waals surface area contributed by atoms with Crippen LogP contribution >= 0.6 is 22.9 Å². The van der Waals surface area contributed by atoms with E-state index >= 15 is 0 Å². The summed E-state index contributed by atoms with van der Waals surface area (Å²) in [6.45, 7) is 4.31. The summed E-state index contributed by atoms with van der Waals surface area (Å²) in [5.74, 6) is 0. The van der Waals surface area contributed by atoms with Crippen molar-refractivity contribution in [3.63, 3.8) is 0 Å². The van der Waals surface area contributed by atoms with Gasteiger partial charge in [0.15, 0.2) is 0 Å². The molecule has 0 radical (unpaired) electrons. The molecule has 0 saturated heterocycles. The summed E-state index contributed by atoms with van der Waals surface area (Å²) < 4.78 is 0.838. The van der Waals surface area contributed by atoms with E-state index in [1.807, 2.05) is 30.6 Å². The third-order valence-corrected chi connectivity index (χ3v) is 4.14. The van der Waals surface area contributed by atoms with E-state index < -0.39 is 0 Å². The number of halogens is 1. The van der Waals surface area contributed by atoms with Crippen LogP contribution in [-0.2, 0) is 0 Å². The monoisotopic (exact) mass is 266 g/mol. The second-order valence-corrected chi connectivity index (χ2v) is 5.78. The molecular weight excluding hydrogens is 252 g/mol. The minimum Gasteiger partial charge on any atom is -0.303 e. The molecule has 0 saturated carbocycles. The predicted molar refractivity (Wildman–Crippen MR) is 73.5 cm³/mol. The summed E-state index contributed by atoms with van der Waals surface area (Å²) in [5.41, 5.74) is 1.24. The first-order valence-electron chi connectivity index (χ1n) is 5.58. The third-order valence-electron chi connectivity index (χ3n) is 2.73. The van der Waals surface area contributed by atoms with Gasteiger partial charge in [0, 0.05) is 29.4 Å². The van der Waals surface area contributed by atoms with Crippen LogP contribution in [0, 0.1) is 0 Å². The molecule has 2 heterocycles. The van der Waals surface area contributed by atoms with Gasteiger partial charge in [0.1, 0.15) is 0 Å². The quantitative estimate of drug-likeness (QED) is 0.897. The van der Waals surface area contributed by atoms with Crippen molar-refractivity contribution in [2.75, 3.05) is 0 Å². The van der Waals surface area contributed by atoms with Crippen molar-refractivity contribution < 1.29 is 0 Å². The van der Waals surface area contributed by atoms with Crippen molar-refractivity contribution in [2.45, 2.75) is 25.9 Å². The lowest BCUT2D eigenvalue weighted by molar-refractivity contribution is 0.500. The Balaban J connectivity index is 2.02. The lowest BCUT2D eigenvalue weighted by Crippen LogP contribution is -2.21. The molecule has 0 aliphatic rings. The molecule has 1 N–H and O–H groups in total. The highest BCUT2D eigenvalue weighted by molar-refractivity contribution is 7.16. The van der Waals surface area contributed by atoms with Crippen molar-refractivity contribution in [3.8, 4) is 0 Å². The highest BCUT2D eigenvalue weighted by Gasteiger charge is 2.12. The maximum absolute atomic E-state index is 5.94. The van der Waals surface area contributed by atoms with E-state index in [9.17, 15) is 0 Å². The zero-order chi connectivity index (χ0) is 12.3. The van der Waals surface area contributed by atoms with Crippen LogP contribution in [0.15, 0.2) is 36.7 Å². The van der Waals surface area contributed by atoms with Crippen LogP contribution in [-0.4, -0.2) is 4.98 Å². The molecule has 2 aromatic rings. The smallest absolute Gasteiger partial charge is 0.0931 e. The lowest BCUT2D eigenvalue weighted by Gasteiger charge is -2.19. The molecule has 0 aliphatic heterocycles. The Morgan fingerprint density at radius 2 is 1.82 bits per heavy atom. The number of rotatable bonds is 4. The second kappa shape index (κ2) is 5.63. The molecule has 2 unspecified atom stereocenters. The Morgan fingerprint density at radius 3 is 2.41 bits per heavy atom. The summed E-state index contributed by atoms with van der Waals surface area (Å²) in [7, 11) is 0. The van der Waals surface area contributed by atoms with Crippen LogP contribution in [0.25, 0.3) is 0 Å². The van der Waals surface area contributed by atoms with Crippen LogP contribution in [0.1, 0.15) is 36.4 Å². The first kappa shape index (κ1) is 12.6. The number of hydrogen-bond donors (Lipinski definition) is 1. The fraction of sp³-hybridized carbons (Fsp3) is 0.308. The highest BCUT2D eigenvalue weighted by Crippen LogP contribution is 2.28. The van der Waals surface area contributed by atoms with Crippen molar-refractivity contribution in [1.82, 2.24) is 10.3 Å². The number of nitrogens with zero attached hydrogens (tertiary/aromatic N) is 1. The fourth-order valence-corrected chi connectivity index (χ4v) is 2.84. The van der Waals surface area contributed by atoms with Crippen LogP contribution in [0.5, 0.6) is 0 Å². The molecule has 4 heteroatoms. The van der Waals surface area contributed by atoms with Gasteiger partial charge in [-0.1, -0.05) is 11.6 Å². The van der Waals surface area contributed by atoms with Crippen molar-refractivity contribution in [3.05, 3.63) is 51.4 Å². The van der Waals surface area contributed by atoms with E-state index in [4.69, 9.17) is 11.6 Å². The number of nitrogens with one attached hydrogen (secondary N) is 1. The summed E-state index contributed by atoms with van der Waals surface area (Å²) in [6, 6.07) is 8.68. The highest BCUT2D eigenvalue weighted by atomic mass is 35.5. The fourth-order valence-electron chi connectivity index (χ4n) is 1.77. The normalized spacial score (nSPS) is 14.5. The summed E-state index contributed by atoms with van der Waals surface area (Å²) in [5, 5.41) is 3.55. The zero-order valence-corrected chi connectivity index (χ0v) is 11.4. The lowest BCUT2D eigenvalue weighted by atomic mass is 10.1. The average Bonchev–Trinajstić information content (AvgIpc) is 2.77. The maximum atomic E-state index is 5.94. The van der Waals surface area contributed by atoms with Gasteiger partial charge in [-0.3, -0.25) is 4.98 Å². The van der Waals surface area contributed by atoms with Crippen molar-refractivity contribution >= 4 is 22.9 Å². The molecular formula is C13H15ClN2S. The van der Waals surface area contributed by atoms with Gasteiger partial charge in [-0.15, -0.1) is 11.3 Å². The van der Waals surface area contributed by atoms with Crippen molar-refractivity contribution in [1.29, 1.82) is 0 Å². The van der Waals surface area contributed by atoms with Crippen LogP contribution < -0.4 is 5.32 Å². The Kier molecular flexibility index (Phi) is 4.15. The molecule has 2 atom stereocenters. The minimum atomic E-state index is 0.300. The molecule has 0 bridgehead atoms. The number of pyridine rings is 1. The summed E-state index contributed by atoms with van der Waals surface area (Å²) in [4.78, 5) is 5.29. The van der Waals surface area contributed by atoms with Gasteiger partial charge in [-0.25, -0.2) is 0 Å². The number of hydrogen-bond acceptors (Lipinski definition) is 3. The third kappa shape index (κ3) is 3.28. The topological polar surface area (TPSA) is 24.9 Å². The minimum absolute atomic E-state index is 0.300. The van der Waals surface area contributed by atoms with Gasteiger partial charge < -0.3 is 5.32 Å². The van der Waals surface area contributed by atoms with Gasteiger partial charge in [-0.2, -0.15) is 0 Å². The van der Waals surface area contributed by atoms with Gasteiger partial charge in [0.25, 0.3) is 0 Å². The van der Waals surface area contributed by atoms with Crippen LogP contribution in [0.2, 0.25) is 4.34 Å². The molecule has 0 aliphatic carbocycles. The van der Waals surface area contributed by atoms with E-state index in [-0.39, 0.29) is 0 Å². The van der Waals surface area contributed by atoms with Gasteiger partial charge >= 0.3 is 0 Å². The molecule has 0 spiro atoms. The Labute approximate surface area is 111 Å². The molecule has 2 nitrogen and oxygen atoms in total. The molecule has 0 aromatic carbocycles. The summed E-state index contributed by atoms with van der Waals surface area (Å²) in [6.07, 6.45) is 3.64. The largest absolute Gasteiger partial charge is 0.303 e. The molecule has 17 heavy (non-hydrogen) atoms. The van der Waals surface area contributed by atoms with Crippen LogP contribution in [0.3, 0.4) is 0 Å². The Bertz CT molecular complexity index is 469. The van der Waals surface area contributed by atoms with E-state index in [0.717, 1.165) is 4.34 Å². The first-order valence-corrected chi connectivity index (χ1v) is 6.77. The maximum Gasteiger partial charge on any atom is 0.0931 e. The molecule has 90 valence electrons. The standard InChI is InChI=1S/C13H15ClN2S/c1-9(11-5-7-15-8-6-11)16-10(2)12-3-4-13(14)17-12/h3-10,16H,1-2H3. The van der Waals surface area contributed by atoms with Crippen molar-refractivity contribution in [2.24, 2.45) is 0 Å². The zero-order valence-electron chi connectivity index (χ0n) is 9.85. The Morgan fingerprint density at radius 1 is 1.12 bits per heavy atom. The molecule has 0 fully saturated rings. The number of thiophene rings is 1. The molecule has 2 aromatic heterocycles. The van der Waals surface area contributed by atoms with E-state index in [1.54, 1.807) is 11.3 Å². The van der Waals surface area contributed by atoms with E-state index in [2.05, 4.69) is 30.2 Å². The van der Waals surface area contributed by atoms with E-state index in [0.29, 0.717) is 12.1 Å². The van der Waals surface area contributed by atoms with Crippen LogP contribution in [0.4, 0.5) is 0 Å². The van der Waals surface area contributed by atoms with Gasteiger partial charge in [-0.05, 0) is 43.7 Å².